The number of aliphatic hydroxyl groups excluding tert-OH is 1. The van der Waals surface area contributed by atoms with Crippen LogP contribution in [0.1, 0.15) is 43.4 Å². The van der Waals surface area contributed by atoms with Gasteiger partial charge in [-0.1, -0.05) is 36.7 Å². The van der Waals surface area contributed by atoms with Crippen molar-refractivity contribution in [3.63, 3.8) is 0 Å². The van der Waals surface area contributed by atoms with Crippen molar-refractivity contribution in [1.82, 2.24) is 0 Å². The average molecular weight is 350 g/mol. The Morgan fingerprint density at radius 2 is 1.92 bits per heavy atom. The van der Waals surface area contributed by atoms with Crippen LogP contribution in [0.2, 0.25) is 5.02 Å². The van der Waals surface area contributed by atoms with Gasteiger partial charge in [-0.2, -0.15) is 0 Å². The van der Waals surface area contributed by atoms with Gasteiger partial charge >= 0.3 is 0 Å². The molecule has 0 aromatic heterocycles. The predicted molar refractivity (Wildman–Crippen MR) is 93.1 cm³/mol. The van der Waals surface area contributed by atoms with Gasteiger partial charge in [-0.3, -0.25) is 0 Å². The summed E-state index contributed by atoms with van der Waals surface area (Å²) < 4.78 is 20.3. The zero-order chi connectivity index (χ0) is 17.3. The molecule has 24 heavy (non-hydrogen) atoms. The fourth-order valence-corrected chi connectivity index (χ4v) is 3.02. The number of benzene rings is 2. The van der Waals surface area contributed by atoms with Crippen LogP contribution in [-0.2, 0) is 5.41 Å². The van der Waals surface area contributed by atoms with Crippen LogP contribution in [0.3, 0.4) is 0 Å². The van der Waals surface area contributed by atoms with Crippen molar-refractivity contribution < 1.29 is 14.2 Å². The third kappa shape index (κ3) is 3.14. The van der Waals surface area contributed by atoms with Gasteiger partial charge in [0, 0.05) is 17.0 Å². The van der Waals surface area contributed by atoms with Crippen LogP contribution >= 0.6 is 11.6 Å². The summed E-state index contributed by atoms with van der Waals surface area (Å²) in [6.45, 7) is 2.04. The Hall–Kier alpha value is -1.62. The SMILES string of the molecule is CC[C@@H](N)c1ccc(Cl)c(Oc2ccc(C3(CO)CC3)cc2)c1F. The molecule has 0 bridgehead atoms. The minimum absolute atomic E-state index is 0.00545. The fourth-order valence-electron chi connectivity index (χ4n) is 2.83. The minimum Gasteiger partial charge on any atom is -0.453 e. The topological polar surface area (TPSA) is 55.5 Å². The first-order chi connectivity index (χ1) is 11.5. The van der Waals surface area contributed by atoms with Gasteiger partial charge in [-0.25, -0.2) is 4.39 Å². The molecule has 5 heteroatoms. The van der Waals surface area contributed by atoms with E-state index in [-0.39, 0.29) is 22.8 Å². The lowest BCUT2D eigenvalue weighted by molar-refractivity contribution is 0.255. The Kier molecular flexibility index (Phi) is 4.81. The van der Waals surface area contributed by atoms with Crippen LogP contribution in [0, 0.1) is 5.82 Å². The van der Waals surface area contributed by atoms with Gasteiger partial charge in [0.25, 0.3) is 0 Å². The molecule has 2 aromatic rings. The number of nitrogens with two attached hydrogens (primary N) is 1. The third-order valence-corrected chi connectivity index (χ3v) is 5.06. The van der Waals surface area contributed by atoms with Crippen LogP contribution in [0.4, 0.5) is 4.39 Å². The highest BCUT2D eigenvalue weighted by Gasteiger charge is 2.43. The van der Waals surface area contributed by atoms with E-state index in [0.29, 0.717) is 17.7 Å². The lowest BCUT2D eigenvalue weighted by Gasteiger charge is -2.16. The second-order valence-corrected chi connectivity index (χ2v) is 6.77. The Balaban J connectivity index is 1.86. The van der Waals surface area contributed by atoms with E-state index in [0.717, 1.165) is 18.4 Å². The number of halogens is 2. The molecule has 0 spiro atoms. The number of ether oxygens (including phenoxy) is 1. The van der Waals surface area contributed by atoms with Gasteiger partial charge in [0.1, 0.15) is 5.75 Å². The standard InChI is InChI=1S/C19H21ClFNO2/c1-2-16(22)14-7-8-15(20)18(17(14)21)24-13-5-3-12(4-6-13)19(11-23)9-10-19/h3-8,16,23H,2,9-11,22H2,1H3/t16-/m1/s1. The number of rotatable bonds is 6. The maximum atomic E-state index is 14.7. The molecular weight excluding hydrogens is 329 g/mol. The summed E-state index contributed by atoms with van der Waals surface area (Å²) in [7, 11) is 0. The van der Waals surface area contributed by atoms with E-state index in [1.165, 1.54) is 0 Å². The molecule has 0 aliphatic heterocycles. The zero-order valence-corrected chi connectivity index (χ0v) is 14.3. The van der Waals surface area contributed by atoms with E-state index >= 15 is 0 Å². The van der Waals surface area contributed by atoms with Gasteiger partial charge in [0.2, 0.25) is 0 Å². The second-order valence-electron chi connectivity index (χ2n) is 6.36. The van der Waals surface area contributed by atoms with Crippen molar-refractivity contribution in [3.05, 3.63) is 58.4 Å². The summed E-state index contributed by atoms with van der Waals surface area (Å²) in [4.78, 5) is 0. The van der Waals surface area contributed by atoms with Crippen LogP contribution < -0.4 is 10.5 Å². The summed E-state index contributed by atoms with van der Waals surface area (Å²) in [5.41, 5.74) is 7.30. The normalized spacial score (nSPS) is 16.7. The van der Waals surface area contributed by atoms with Crippen molar-refractivity contribution in [1.29, 1.82) is 0 Å². The molecule has 0 radical (unpaired) electrons. The second kappa shape index (κ2) is 6.71. The van der Waals surface area contributed by atoms with Gasteiger partial charge < -0.3 is 15.6 Å². The summed E-state index contributed by atoms with van der Waals surface area (Å²) in [5, 5.41) is 9.69. The van der Waals surface area contributed by atoms with E-state index in [2.05, 4.69) is 0 Å². The Labute approximate surface area is 146 Å². The lowest BCUT2D eigenvalue weighted by Crippen LogP contribution is -2.12. The molecule has 0 heterocycles. The minimum atomic E-state index is -0.519. The first-order valence-electron chi connectivity index (χ1n) is 8.13. The molecule has 3 N–H and O–H groups in total. The van der Waals surface area contributed by atoms with Crippen molar-refractivity contribution in [2.75, 3.05) is 6.61 Å². The first kappa shape index (κ1) is 17.2. The molecule has 128 valence electrons. The molecule has 1 aliphatic carbocycles. The van der Waals surface area contributed by atoms with Gasteiger partial charge in [0.15, 0.2) is 11.6 Å². The maximum absolute atomic E-state index is 14.7. The van der Waals surface area contributed by atoms with Gasteiger partial charge in [0.05, 0.1) is 11.6 Å². The molecule has 0 amide bonds. The quantitative estimate of drug-likeness (QED) is 0.794. The Bertz CT molecular complexity index is 729. The molecular formula is C19H21ClFNO2. The first-order valence-corrected chi connectivity index (χ1v) is 8.51. The summed E-state index contributed by atoms with van der Waals surface area (Å²) >= 11 is 6.10. The Morgan fingerprint density at radius 1 is 1.25 bits per heavy atom. The summed E-state index contributed by atoms with van der Waals surface area (Å²) in [6.07, 6.45) is 2.60. The van der Waals surface area contributed by atoms with E-state index in [1.54, 1.807) is 24.3 Å². The van der Waals surface area contributed by atoms with Crippen LogP contribution in [0.15, 0.2) is 36.4 Å². The van der Waals surface area contributed by atoms with Crippen molar-refractivity contribution >= 4 is 11.6 Å². The van der Waals surface area contributed by atoms with Crippen LogP contribution in [0.25, 0.3) is 0 Å². The highest BCUT2D eigenvalue weighted by Crippen LogP contribution is 2.48. The maximum Gasteiger partial charge on any atom is 0.181 e. The van der Waals surface area contributed by atoms with Crippen LogP contribution in [-0.4, -0.2) is 11.7 Å². The molecule has 1 saturated carbocycles. The van der Waals surface area contributed by atoms with E-state index in [9.17, 15) is 9.50 Å². The number of aliphatic hydroxyl groups is 1. The van der Waals surface area contributed by atoms with Gasteiger partial charge in [-0.15, -0.1) is 0 Å². The molecule has 1 atom stereocenters. The highest BCUT2D eigenvalue weighted by atomic mass is 35.5. The van der Waals surface area contributed by atoms with E-state index < -0.39 is 11.9 Å². The third-order valence-electron chi connectivity index (χ3n) is 4.76. The molecule has 3 nitrogen and oxygen atoms in total. The molecule has 1 fully saturated rings. The molecule has 3 rings (SSSR count). The van der Waals surface area contributed by atoms with Crippen LogP contribution in [0.5, 0.6) is 11.5 Å². The smallest absolute Gasteiger partial charge is 0.181 e. The number of hydrogen-bond acceptors (Lipinski definition) is 3. The average Bonchev–Trinajstić information content (AvgIpc) is 3.40. The van der Waals surface area contributed by atoms with Gasteiger partial charge in [-0.05, 0) is 43.0 Å². The van der Waals surface area contributed by atoms with Crippen molar-refractivity contribution in [2.24, 2.45) is 5.73 Å². The number of hydrogen-bond donors (Lipinski definition) is 2. The van der Waals surface area contributed by atoms with E-state index in [1.807, 2.05) is 19.1 Å². The fraction of sp³-hybridized carbons (Fsp3) is 0.368. The summed E-state index contributed by atoms with van der Waals surface area (Å²) in [5.74, 6) is -0.0282. The molecule has 2 aromatic carbocycles. The van der Waals surface area contributed by atoms with Crippen molar-refractivity contribution in [3.8, 4) is 11.5 Å². The van der Waals surface area contributed by atoms with E-state index in [4.69, 9.17) is 22.1 Å². The lowest BCUT2D eigenvalue weighted by atomic mass is 9.97. The monoisotopic (exact) mass is 349 g/mol. The molecule has 1 aliphatic rings. The predicted octanol–water partition coefficient (Wildman–Crippen LogP) is 4.71. The largest absolute Gasteiger partial charge is 0.453 e. The van der Waals surface area contributed by atoms with Crippen molar-refractivity contribution in [2.45, 2.75) is 37.6 Å². The Morgan fingerprint density at radius 3 is 2.46 bits per heavy atom. The molecule has 0 saturated heterocycles. The highest BCUT2D eigenvalue weighted by molar-refractivity contribution is 6.32. The summed E-state index contributed by atoms with van der Waals surface area (Å²) in [6, 6.07) is 10.2. The zero-order valence-electron chi connectivity index (χ0n) is 13.6. The molecule has 0 unspecified atom stereocenters.